The average Bonchev–Trinajstić information content (AvgIpc) is 2.23. The van der Waals surface area contributed by atoms with E-state index in [-0.39, 0.29) is 18.7 Å². The zero-order valence-corrected chi connectivity index (χ0v) is 10.3. The molecule has 0 spiro atoms. The van der Waals surface area contributed by atoms with E-state index in [1.807, 2.05) is 6.92 Å². The maximum Gasteiger partial charge on any atom is 0.328 e. The largest absolute Gasteiger partial charge is 0.464 e. The third-order valence-electron chi connectivity index (χ3n) is 2.08. The van der Waals surface area contributed by atoms with Gasteiger partial charge in [-0.05, 0) is 12.8 Å². The summed E-state index contributed by atoms with van der Waals surface area (Å²) in [5.41, 5.74) is 4.99. The lowest BCUT2D eigenvalue weighted by molar-refractivity contribution is -0.148. The Morgan fingerprint density at radius 2 is 2.00 bits per heavy atom. The molecule has 0 aliphatic rings. The molecule has 2 amide bonds. The van der Waals surface area contributed by atoms with Crippen LogP contribution >= 0.6 is 0 Å². The molecule has 6 nitrogen and oxygen atoms in total. The first-order chi connectivity index (χ1) is 7.97. The Balaban J connectivity index is 4.19. The van der Waals surface area contributed by atoms with Crippen LogP contribution in [0.25, 0.3) is 0 Å². The van der Waals surface area contributed by atoms with Crippen LogP contribution in [0.5, 0.6) is 0 Å². The molecular formula is C11H20N2O4. The molecule has 0 aromatic rings. The van der Waals surface area contributed by atoms with Gasteiger partial charge in [0, 0.05) is 13.3 Å². The van der Waals surface area contributed by atoms with Gasteiger partial charge in [-0.1, -0.05) is 13.3 Å². The molecule has 1 atom stereocenters. The van der Waals surface area contributed by atoms with Gasteiger partial charge >= 0.3 is 5.97 Å². The predicted octanol–water partition coefficient (Wildman–Crippen LogP) is 0.0999. The quantitative estimate of drug-likeness (QED) is 0.467. The number of hydrogen-bond donors (Lipinski definition) is 2. The normalized spacial score (nSPS) is 11.6. The fourth-order valence-corrected chi connectivity index (χ4v) is 1.20. The highest BCUT2D eigenvalue weighted by Crippen LogP contribution is 2.01. The van der Waals surface area contributed by atoms with Crippen LogP contribution in [-0.4, -0.2) is 30.4 Å². The summed E-state index contributed by atoms with van der Waals surface area (Å²) in [5, 5.41) is 2.44. The molecular weight excluding hydrogens is 224 g/mol. The minimum atomic E-state index is -0.795. The molecule has 6 heteroatoms. The number of rotatable bonds is 8. The molecule has 0 aliphatic carbocycles. The van der Waals surface area contributed by atoms with Crippen molar-refractivity contribution in [3.63, 3.8) is 0 Å². The van der Waals surface area contributed by atoms with Gasteiger partial charge in [0.05, 0.1) is 6.61 Å². The average molecular weight is 244 g/mol. The van der Waals surface area contributed by atoms with Crippen molar-refractivity contribution in [2.45, 2.75) is 45.6 Å². The van der Waals surface area contributed by atoms with E-state index in [1.54, 1.807) is 0 Å². The van der Waals surface area contributed by atoms with Crippen molar-refractivity contribution >= 4 is 17.8 Å². The third-order valence-corrected chi connectivity index (χ3v) is 2.08. The number of ether oxygens (including phenoxy) is 1. The number of carbonyl (C=O) groups is 3. The van der Waals surface area contributed by atoms with Crippen LogP contribution < -0.4 is 11.1 Å². The van der Waals surface area contributed by atoms with Crippen LogP contribution in [0.4, 0.5) is 0 Å². The third kappa shape index (κ3) is 8.24. The highest BCUT2D eigenvalue weighted by molar-refractivity contribution is 5.84. The molecule has 0 aromatic heterocycles. The first-order valence-corrected chi connectivity index (χ1v) is 5.69. The van der Waals surface area contributed by atoms with E-state index in [0.29, 0.717) is 6.61 Å². The van der Waals surface area contributed by atoms with Gasteiger partial charge in [-0.2, -0.15) is 0 Å². The minimum absolute atomic E-state index is 0.0355. The number of unbranched alkanes of at least 4 members (excludes halogenated alkanes) is 1. The first kappa shape index (κ1) is 15.4. The van der Waals surface area contributed by atoms with Crippen molar-refractivity contribution in [2.24, 2.45) is 5.73 Å². The van der Waals surface area contributed by atoms with Gasteiger partial charge in [0.25, 0.3) is 0 Å². The number of hydrogen-bond acceptors (Lipinski definition) is 4. The predicted molar refractivity (Wildman–Crippen MR) is 61.9 cm³/mol. The first-order valence-electron chi connectivity index (χ1n) is 5.69. The molecule has 0 unspecified atom stereocenters. The van der Waals surface area contributed by atoms with E-state index in [0.717, 1.165) is 12.8 Å². The van der Waals surface area contributed by atoms with Crippen molar-refractivity contribution < 1.29 is 19.1 Å². The molecule has 0 aliphatic heterocycles. The van der Waals surface area contributed by atoms with Crippen molar-refractivity contribution in [3.8, 4) is 0 Å². The molecule has 0 radical (unpaired) electrons. The number of nitrogens with two attached hydrogens (primary N) is 1. The van der Waals surface area contributed by atoms with Crippen molar-refractivity contribution in [1.29, 1.82) is 0 Å². The molecule has 0 saturated heterocycles. The standard InChI is InChI=1S/C11H20N2O4/c1-3-4-7-17-11(16)9(13-8(2)14)5-6-10(12)15/h9H,3-7H2,1-2H3,(H2,12,15)(H,13,14)/t9-/m0/s1. The van der Waals surface area contributed by atoms with Gasteiger partial charge in [0.2, 0.25) is 11.8 Å². The second kappa shape index (κ2) is 8.55. The highest BCUT2D eigenvalue weighted by atomic mass is 16.5. The summed E-state index contributed by atoms with van der Waals surface area (Å²) in [5.74, 6) is -1.37. The van der Waals surface area contributed by atoms with Gasteiger partial charge in [-0.3, -0.25) is 9.59 Å². The van der Waals surface area contributed by atoms with E-state index in [9.17, 15) is 14.4 Å². The van der Waals surface area contributed by atoms with Crippen LogP contribution in [0.15, 0.2) is 0 Å². The molecule has 3 N–H and O–H groups in total. The van der Waals surface area contributed by atoms with Crippen LogP contribution in [0.2, 0.25) is 0 Å². The minimum Gasteiger partial charge on any atom is -0.464 e. The molecule has 0 saturated carbocycles. The summed E-state index contributed by atoms with van der Waals surface area (Å²) in [4.78, 5) is 33.1. The summed E-state index contributed by atoms with van der Waals surface area (Å²) < 4.78 is 4.97. The summed E-state index contributed by atoms with van der Waals surface area (Å²) in [6.07, 6.45) is 1.89. The zero-order valence-electron chi connectivity index (χ0n) is 10.3. The van der Waals surface area contributed by atoms with E-state index in [2.05, 4.69) is 5.32 Å². The van der Waals surface area contributed by atoms with Crippen LogP contribution in [0.1, 0.15) is 39.5 Å². The van der Waals surface area contributed by atoms with Gasteiger partial charge in [0.15, 0.2) is 0 Å². The Morgan fingerprint density at radius 1 is 1.35 bits per heavy atom. The zero-order chi connectivity index (χ0) is 13.3. The maximum absolute atomic E-state index is 11.6. The molecule has 17 heavy (non-hydrogen) atoms. The van der Waals surface area contributed by atoms with E-state index in [1.165, 1.54) is 6.92 Å². The van der Waals surface area contributed by atoms with Gasteiger partial charge in [-0.25, -0.2) is 4.79 Å². The lowest BCUT2D eigenvalue weighted by Crippen LogP contribution is -2.41. The molecule has 98 valence electrons. The van der Waals surface area contributed by atoms with Crippen LogP contribution in [-0.2, 0) is 19.1 Å². The maximum atomic E-state index is 11.6. The second-order valence-electron chi connectivity index (χ2n) is 3.78. The lowest BCUT2D eigenvalue weighted by Gasteiger charge is -2.15. The second-order valence-corrected chi connectivity index (χ2v) is 3.78. The van der Waals surface area contributed by atoms with Gasteiger partial charge in [0.1, 0.15) is 6.04 Å². The Bertz CT molecular complexity index is 279. The number of esters is 1. The fraction of sp³-hybridized carbons (Fsp3) is 0.727. The van der Waals surface area contributed by atoms with Crippen LogP contribution in [0.3, 0.4) is 0 Å². The van der Waals surface area contributed by atoms with Gasteiger partial charge in [-0.15, -0.1) is 0 Å². The smallest absolute Gasteiger partial charge is 0.328 e. The monoisotopic (exact) mass is 244 g/mol. The van der Waals surface area contributed by atoms with Crippen LogP contribution in [0, 0.1) is 0 Å². The van der Waals surface area contributed by atoms with Crippen molar-refractivity contribution in [2.75, 3.05) is 6.61 Å². The van der Waals surface area contributed by atoms with Crippen molar-refractivity contribution in [3.05, 3.63) is 0 Å². The Kier molecular flexibility index (Phi) is 7.75. The molecule has 0 rings (SSSR count). The summed E-state index contributed by atoms with van der Waals surface area (Å²) in [7, 11) is 0. The summed E-state index contributed by atoms with van der Waals surface area (Å²) in [6.45, 7) is 3.60. The highest BCUT2D eigenvalue weighted by Gasteiger charge is 2.21. The van der Waals surface area contributed by atoms with E-state index in [4.69, 9.17) is 10.5 Å². The molecule has 0 bridgehead atoms. The molecule has 0 fully saturated rings. The van der Waals surface area contributed by atoms with Crippen molar-refractivity contribution in [1.82, 2.24) is 5.32 Å². The SMILES string of the molecule is CCCCOC(=O)[C@H](CCC(N)=O)NC(C)=O. The number of nitrogens with one attached hydrogen (secondary N) is 1. The topological polar surface area (TPSA) is 98.5 Å². The van der Waals surface area contributed by atoms with Gasteiger partial charge < -0.3 is 15.8 Å². The Hall–Kier alpha value is -1.59. The molecule has 0 aromatic carbocycles. The fourth-order valence-electron chi connectivity index (χ4n) is 1.20. The number of primary amides is 1. The number of carbonyl (C=O) groups excluding carboxylic acids is 3. The Labute approximate surface area is 101 Å². The lowest BCUT2D eigenvalue weighted by atomic mass is 10.1. The number of amides is 2. The van der Waals surface area contributed by atoms with E-state index >= 15 is 0 Å². The summed E-state index contributed by atoms with van der Waals surface area (Å²) in [6, 6.07) is -0.795. The van der Waals surface area contributed by atoms with E-state index < -0.39 is 17.9 Å². The Morgan fingerprint density at radius 3 is 2.47 bits per heavy atom. The molecule has 0 heterocycles. The summed E-state index contributed by atoms with van der Waals surface area (Å²) >= 11 is 0.